The van der Waals surface area contributed by atoms with E-state index in [1.54, 1.807) is 54.6 Å². The van der Waals surface area contributed by atoms with Gasteiger partial charge in [0.1, 0.15) is 18.1 Å². The Morgan fingerprint density at radius 1 is 0.532 bits per heavy atom. The summed E-state index contributed by atoms with van der Waals surface area (Å²) in [6.45, 7) is 7.86. The van der Waals surface area contributed by atoms with Crippen LogP contribution in [0.5, 0.6) is 0 Å². The largest absolute Gasteiger partial charge is 0.370 e. The van der Waals surface area contributed by atoms with Crippen molar-refractivity contribution < 1.29 is 33.6 Å². The molecule has 336 valence electrons. The van der Waals surface area contributed by atoms with Gasteiger partial charge in [-0.25, -0.2) is 0 Å². The van der Waals surface area contributed by atoms with E-state index in [9.17, 15) is 33.6 Å². The molecule has 0 fully saturated rings. The highest BCUT2D eigenvalue weighted by molar-refractivity contribution is 5.96. The Kier molecular flexibility index (Phi) is 21.3. The number of nitrogens with one attached hydrogen (secondary N) is 6. The number of carbonyl (C=O) groups is 7. The summed E-state index contributed by atoms with van der Waals surface area (Å²) in [4.78, 5) is 92.4. The predicted octanol–water partition coefficient (Wildman–Crippen LogP) is 0.898. The van der Waals surface area contributed by atoms with Gasteiger partial charge in [-0.1, -0.05) is 119 Å². The van der Waals surface area contributed by atoms with Crippen LogP contribution in [0.25, 0.3) is 0 Å². The summed E-state index contributed by atoms with van der Waals surface area (Å²) in [5.74, 6) is -3.99. The molecule has 7 amide bonds. The number of rotatable bonds is 27. The maximum Gasteiger partial charge on any atom is 0.243 e. The van der Waals surface area contributed by atoms with Crippen LogP contribution in [-0.4, -0.2) is 90.7 Å². The summed E-state index contributed by atoms with van der Waals surface area (Å²) < 4.78 is 0. The van der Waals surface area contributed by atoms with Gasteiger partial charge >= 0.3 is 0 Å². The van der Waals surface area contributed by atoms with E-state index < -0.39 is 78.1 Å². The van der Waals surface area contributed by atoms with Gasteiger partial charge in [0.2, 0.25) is 41.4 Å². The van der Waals surface area contributed by atoms with Crippen LogP contribution in [0.15, 0.2) is 91.0 Å². The number of benzene rings is 3. The zero-order chi connectivity index (χ0) is 45.6. The first kappa shape index (κ1) is 50.2. The third-order valence-corrected chi connectivity index (χ3v) is 9.98. The standard InChI is InChI=1S/C46H65N9O7/c1-29(2)22-34(27-50-37(42(49)58)23-30(3)4)52-41(57)28-51-44(60)38(25-32-16-10-6-11-17-32)54-46(62)39(26-33-18-12-7-13-19-33)55-45(61)36(20-21-40(48)56)53-43(59)35(47)24-31-14-8-5-9-15-31/h5-19,29-30,34-39,50H,20-28,47H2,1-4H3,(H2,48,56)(H2,49,58)(H,51,60)(H,52,57)(H,53,59)(H,54,62)(H,55,61)/t34-,35+,36-,37-,38-,39-/m0/s1. The summed E-state index contributed by atoms with van der Waals surface area (Å²) in [5.41, 5.74) is 19.4. The zero-order valence-corrected chi connectivity index (χ0v) is 36.2. The average molecular weight is 856 g/mol. The van der Waals surface area contributed by atoms with Gasteiger partial charge in [-0.05, 0) is 54.2 Å². The van der Waals surface area contributed by atoms with Crippen molar-refractivity contribution in [1.82, 2.24) is 31.9 Å². The highest BCUT2D eigenvalue weighted by atomic mass is 16.2. The van der Waals surface area contributed by atoms with E-state index in [0.717, 1.165) is 11.1 Å². The van der Waals surface area contributed by atoms with E-state index in [0.29, 0.717) is 18.4 Å². The number of amides is 7. The van der Waals surface area contributed by atoms with E-state index in [1.807, 2.05) is 64.1 Å². The Bertz CT molecular complexity index is 1900. The zero-order valence-electron chi connectivity index (χ0n) is 36.2. The normalized spacial score (nSPS) is 14.0. The Morgan fingerprint density at radius 2 is 0.984 bits per heavy atom. The average Bonchev–Trinajstić information content (AvgIpc) is 3.22. The lowest BCUT2D eigenvalue weighted by molar-refractivity contribution is -0.134. The van der Waals surface area contributed by atoms with Crippen LogP contribution in [0.3, 0.4) is 0 Å². The van der Waals surface area contributed by atoms with E-state index in [-0.39, 0.29) is 56.5 Å². The first-order valence-corrected chi connectivity index (χ1v) is 21.2. The Labute approximate surface area is 364 Å². The van der Waals surface area contributed by atoms with E-state index in [4.69, 9.17) is 17.2 Å². The smallest absolute Gasteiger partial charge is 0.243 e. The maximum absolute atomic E-state index is 14.2. The molecule has 3 rings (SSSR count). The molecule has 0 aliphatic rings. The van der Waals surface area contributed by atoms with E-state index in [1.165, 1.54) is 0 Å². The Morgan fingerprint density at radius 3 is 1.45 bits per heavy atom. The Hall–Kier alpha value is -6.13. The number of hydrogen-bond acceptors (Lipinski definition) is 9. The van der Waals surface area contributed by atoms with Crippen molar-refractivity contribution in [1.29, 1.82) is 0 Å². The number of hydrogen-bond donors (Lipinski definition) is 9. The summed E-state index contributed by atoms with van der Waals surface area (Å²) in [7, 11) is 0. The lowest BCUT2D eigenvalue weighted by atomic mass is 10.0. The second kappa shape index (κ2) is 26.3. The predicted molar refractivity (Wildman–Crippen MR) is 237 cm³/mol. The molecule has 0 spiro atoms. The highest BCUT2D eigenvalue weighted by Gasteiger charge is 2.31. The molecular formula is C46H65N9O7. The lowest BCUT2D eigenvalue weighted by Crippen LogP contribution is -2.59. The molecule has 0 bridgehead atoms. The van der Waals surface area contributed by atoms with Gasteiger partial charge in [0, 0.05) is 31.8 Å². The van der Waals surface area contributed by atoms with Crippen molar-refractivity contribution in [3.63, 3.8) is 0 Å². The molecular weight excluding hydrogens is 791 g/mol. The fourth-order valence-electron chi connectivity index (χ4n) is 6.85. The second-order valence-electron chi connectivity index (χ2n) is 16.5. The SMILES string of the molecule is CC(C)C[C@@H](CN[C@@H](CC(C)C)C(N)=O)NC(=O)CNC(=O)[C@H](Cc1ccccc1)NC(=O)[C@H](Cc1ccccc1)NC(=O)[C@H](CCC(N)=O)NC(=O)[C@H](N)Cc1ccccc1. The molecule has 16 heteroatoms. The van der Waals surface area contributed by atoms with E-state index in [2.05, 4.69) is 31.9 Å². The molecule has 16 nitrogen and oxygen atoms in total. The highest BCUT2D eigenvalue weighted by Crippen LogP contribution is 2.11. The Balaban J connectivity index is 1.80. The fourth-order valence-corrected chi connectivity index (χ4v) is 6.85. The van der Waals surface area contributed by atoms with Crippen molar-refractivity contribution >= 4 is 41.4 Å². The second-order valence-corrected chi connectivity index (χ2v) is 16.5. The molecule has 62 heavy (non-hydrogen) atoms. The molecule has 0 aromatic heterocycles. The summed E-state index contributed by atoms with van der Waals surface area (Å²) in [6, 6.07) is 21.3. The molecule has 3 aromatic carbocycles. The molecule has 0 heterocycles. The van der Waals surface area contributed by atoms with Gasteiger partial charge in [-0.2, -0.15) is 0 Å². The molecule has 0 aliphatic heterocycles. The quantitative estimate of drug-likeness (QED) is 0.0527. The minimum atomic E-state index is -1.28. The van der Waals surface area contributed by atoms with Gasteiger partial charge < -0.3 is 49.1 Å². The number of nitrogens with two attached hydrogens (primary N) is 3. The lowest BCUT2D eigenvalue weighted by Gasteiger charge is -2.26. The van der Waals surface area contributed by atoms with Crippen LogP contribution in [0.4, 0.5) is 0 Å². The van der Waals surface area contributed by atoms with Crippen LogP contribution in [0, 0.1) is 11.8 Å². The summed E-state index contributed by atoms with van der Waals surface area (Å²) >= 11 is 0. The van der Waals surface area contributed by atoms with Gasteiger partial charge in [0.15, 0.2) is 0 Å². The fraction of sp³-hybridized carbons (Fsp3) is 0.457. The van der Waals surface area contributed by atoms with Crippen LogP contribution in [-0.2, 0) is 52.8 Å². The third-order valence-electron chi connectivity index (χ3n) is 9.98. The number of carbonyl (C=O) groups excluding carboxylic acids is 7. The molecule has 3 aromatic rings. The topological polar surface area (TPSA) is 270 Å². The monoisotopic (exact) mass is 856 g/mol. The minimum absolute atomic E-state index is 0.00353. The minimum Gasteiger partial charge on any atom is -0.370 e. The van der Waals surface area contributed by atoms with Crippen LogP contribution >= 0.6 is 0 Å². The first-order chi connectivity index (χ1) is 29.5. The van der Waals surface area contributed by atoms with Crippen molar-refractivity contribution in [2.24, 2.45) is 29.0 Å². The molecule has 0 radical (unpaired) electrons. The van der Waals surface area contributed by atoms with Crippen molar-refractivity contribution in [2.45, 2.75) is 109 Å². The van der Waals surface area contributed by atoms with Crippen molar-refractivity contribution in [3.8, 4) is 0 Å². The van der Waals surface area contributed by atoms with Crippen LogP contribution in [0.2, 0.25) is 0 Å². The molecule has 0 saturated heterocycles. The van der Waals surface area contributed by atoms with Crippen molar-refractivity contribution in [2.75, 3.05) is 13.1 Å². The van der Waals surface area contributed by atoms with Crippen molar-refractivity contribution in [3.05, 3.63) is 108 Å². The summed E-state index contributed by atoms with van der Waals surface area (Å²) in [6.07, 6.45) is 0.965. The maximum atomic E-state index is 14.2. The molecule has 6 atom stereocenters. The number of primary amides is 2. The molecule has 12 N–H and O–H groups in total. The molecule has 0 unspecified atom stereocenters. The first-order valence-electron chi connectivity index (χ1n) is 21.2. The van der Waals surface area contributed by atoms with Gasteiger partial charge in [0.25, 0.3) is 0 Å². The third kappa shape index (κ3) is 19.1. The van der Waals surface area contributed by atoms with E-state index >= 15 is 0 Å². The summed E-state index contributed by atoms with van der Waals surface area (Å²) in [5, 5.41) is 16.9. The van der Waals surface area contributed by atoms with Crippen LogP contribution < -0.4 is 49.1 Å². The van der Waals surface area contributed by atoms with Gasteiger partial charge in [-0.3, -0.25) is 33.6 Å². The van der Waals surface area contributed by atoms with Gasteiger partial charge in [0.05, 0.1) is 18.6 Å². The van der Waals surface area contributed by atoms with Gasteiger partial charge in [-0.15, -0.1) is 0 Å². The molecule has 0 aliphatic carbocycles. The molecule has 0 saturated carbocycles. The van der Waals surface area contributed by atoms with Crippen LogP contribution in [0.1, 0.15) is 70.1 Å².